The van der Waals surface area contributed by atoms with Gasteiger partial charge < -0.3 is 4.57 Å². The van der Waals surface area contributed by atoms with Crippen molar-refractivity contribution in [2.24, 2.45) is 0 Å². The Labute approximate surface area is 230 Å². The lowest BCUT2D eigenvalue weighted by molar-refractivity contribution is 0.661. The molecule has 0 saturated heterocycles. The van der Waals surface area contributed by atoms with Crippen molar-refractivity contribution in [1.82, 2.24) is 4.57 Å². The summed E-state index contributed by atoms with van der Waals surface area (Å²) >= 11 is 1.88. The van der Waals surface area contributed by atoms with Crippen molar-refractivity contribution in [3.05, 3.63) is 126 Å². The third-order valence-electron chi connectivity index (χ3n) is 8.98. The summed E-state index contributed by atoms with van der Waals surface area (Å²) in [7, 11) is 0. The molecule has 2 heteroatoms. The molecule has 0 spiro atoms. The average molecular weight is 516 g/mol. The van der Waals surface area contributed by atoms with Crippen LogP contribution in [0.5, 0.6) is 0 Å². The van der Waals surface area contributed by atoms with E-state index in [-0.39, 0.29) is 5.41 Å². The lowest BCUT2D eigenvalue weighted by Crippen LogP contribution is -2.14. The molecule has 0 saturated carbocycles. The summed E-state index contributed by atoms with van der Waals surface area (Å²) in [5, 5.41) is 7.97. The SMILES string of the molecule is CC1(C)c2ccccc2-c2cc3ccc4c(c3cc21)c1ccccc1n4-c1ccc2c(c1)sc1ccccc12. The lowest BCUT2D eigenvalue weighted by Gasteiger charge is -2.21. The number of nitrogens with zero attached hydrogens (tertiary/aromatic N) is 1. The summed E-state index contributed by atoms with van der Waals surface area (Å²) < 4.78 is 5.13. The molecule has 1 aliphatic rings. The van der Waals surface area contributed by atoms with Gasteiger partial charge in [0.15, 0.2) is 0 Å². The van der Waals surface area contributed by atoms with E-state index >= 15 is 0 Å². The van der Waals surface area contributed by atoms with Crippen molar-refractivity contribution in [3.8, 4) is 16.8 Å². The van der Waals surface area contributed by atoms with Crippen LogP contribution in [0, 0.1) is 0 Å². The fraction of sp³-hybridized carbons (Fsp3) is 0.0811. The Morgan fingerprint density at radius 3 is 2.23 bits per heavy atom. The number of hydrogen-bond donors (Lipinski definition) is 0. The number of benzene rings is 6. The highest BCUT2D eigenvalue weighted by molar-refractivity contribution is 7.25. The van der Waals surface area contributed by atoms with Gasteiger partial charge in [-0.3, -0.25) is 0 Å². The van der Waals surface area contributed by atoms with E-state index in [1.807, 2.05) is 11.3 Å². The van der Waals surface area contributed by atoms with Gasteiger partial charge in [0.25, 0.3) is 0 Å². The quantitative estimate of drug-likeness (QED) is 0.205. The second-order valence-corrected chi connectivity index (χ2v) is 12.5. The molecule has 1 nitrogen and oxygen atoms in total. The Balaban J connectivity index is 1.37. The molecule has 2 heterocycles. The molecule has 0 bridgehead atoms. The Morgan fingerprint density at radius 1 is 0.538 bits per heavy atom. The summed E-state index contributed by atoms with van der Waals surface area (Å²) in [6.45, 7) is 4.74. The molecule has 0 radical (unpaired) electrons. The van der Waals surface area contributed by atoms with Crippen molar-refractivity contribution < 1.29 is 0 Å². The zero-order valence-corrected chi connectivity index (χ0v) is 22.6. The van der Waals surface area contributed by atoms with E-state index < -0.39 is 0 Å². The van der Waals surface area contributed by atoms with Crippen LogP contribution in [0.15, 0.2) is 115 Å². The molecule has 6 aromatic carbocycles. The largest absolute Gasteiger partial charge is 0.309 e. The van der Waals surface area contributed by atoms with Crippen LogP contribution in [0.4, 0.5) is 0 Å². The molecule has 8 aromatic rings. The van der Waals surface area contributed by atoms with Crippen LogP contribution in [0.3, 0.4) is 0 Å². The van der Waals surface area contributed by atoms with Crippen LogP contribution in [0.2, 0.25) is 0 Å². The average Bonchev–Trinajstić information content (AvgIpc) is 3.58. The van der Waals surface area contributed by atoms with E-state index in [9.17, 15) is 0 Å². The standard InChI is InChI=1S/C37H25NS/c1-37(2)30-12-6-3-9-24(30)29-19-22-15-18-33-36(28(22)21-31(29)37)27-11-4-7-13-32(27)38(33)23-16-17-26-25-10-5-8-14-34(25)39-35(26)20-23/h3-21H,1-2H3. The van der Waals surface area contributed by atoms with Crippen LogP contribution in [-0.2, 0) is 5.41 Å². The van der Waals surface area contributed by atoms with Crippen LogP contribution < -0.4 is 0 Å². The van der Waals surface area contributed by atoms with E-state index in [1.54, 1.807) is 0 Å². The number of thiophene rings is 1. The highest BCUT2D eigenvalue weighted by atomic mass is 32.1. The van der Waals surface area contributed by atoms with Gasteiger partial charge in [-0.15, -0.1) is 11.3 Å². The third-order valence-corrected chi connectivity index (χ3v) is 10.1. The number of hydrogen-bond acceptors (Lipinski definition) is 1. The van der Waals surface area contributed by atoms with Crippen molar-refractivity contribution >= 4 is 64.1 Å². The second-order valence-electron chi connectivity index (χ2n) is 11.4. The maximum Gasteiger partial charge on any atom is 0.0547 e. The predicted molar refractivity (Wildman–Crippen MR) is 169 cm³/mol. The summed E-state index contributed by atoms with van der Waals surface area (Å²) in [4.78, 5) is 0. The molecule has 0 fully saturated rings. The first-order chi connectivity index (χ1) is 19.1. The molecule has 39 heavy (non-hydrogen) atoms. The summed E-state index contributed by atoms with van der Waals surface area (Å²) in [6, 6.07) is 43.1. The van der Waals surface area contributed by atoms with Gasteiger partial charge in [-0.25, -0.2) is 0 Å². The molecule has 9 rings (SSSR count). The molecule has 2 aromatic heterocycles. The van der Waals surface area contributed by atoms with Gasteiger partial charge >= 0.3 is 0 Å². The van der Waals surface area contributed by atoms with E-state index in [1.165, 1.54) is 80.7 Å². The van der Waals surface area contributed by atoms with Gasteiger partial charge in [-0.1, -0.05) is 86.6 Å². The topological polar surface area (TPSA) is 4.93 Å². The first kappa shape index (κ1) is 21.5. The molecule has 184 valence electrons. The first-order valence-corrected chi connectivity index (χ1v) is 14.4. The Hall–Kier alpha value is -4.40. The van der Waals surface area contributed by atoms with Gasteiger partial charge in [0.05, 0.1) is 11.0 Å². The van der Waals surface area contributed by atoms with Crippen LogP contribution in [0.25, 0.3) is 69.6 Å². The number of rotatable bonds is 1. The fourth-order valence-electron chi connectivity index (χ4n) is 7.12. The fourth-order valence-corrected chi connectivity index (χ4v) is 8.26. The zero-order valence-electron chi connectivity index (χ0n) is 21.8. The van der Waals surface area contributed by atoms with Gasteiger partial charge in [0.1, 0.15) is 0 Å². The van der Waals surface area contributed by atoms with Gasteiger partial charge in [0, 0.05) is 42.0 Å². The number of para-hydroxylation sites is 1. The van der Waals surface area contributed by atoms with Crippen molar-refractivity contribution in [2.45, 2.75) is 19.3 Å². The maximum atomic E-state index is 2.49. The molecule has 0 atom stereocenters. The molecule has 0 amide bonds. The predicted octanol–water partition coefficient (Wildman–Crippen LogP) is 10.6. The molecule has 0 unspecified atom stereocenters. The van der Waals surface area contributed by atoms with Crippen LogP contribution >= 0.6 is 11.3 Å². The Morgan fingerprint density at radius 2 is 1.31 bits per heavy atom. The first-order valence-electron chi connectivity index (χ1n) is 13.6. The van der Waals surface area contributed by atoms with E-state index in [4.69, 9.17) is 0 Å². The third kappa shape index (κ3) is 2.74. The minimum Gasteiger partial charge on any atom is -0.309 e. The Bertz CT molecular complexity index is 2310. The summed E-state index contributed by atoms with van der Waals surface area (Å²) in [6.07, 6.45) is 0. The van der Waals surface area contributed by atoms with Crippen LogP contribution in [-0.4, -0.2) is 4.57 Å². The van der Waals surface area contributed by atoms with Crippen molar-refractivity contribution in [3.63, 3.8) is 0 Å². The Kier molecular flexibility index (Phi) is 4.07. The molecule has 0 aliphatic heterocycles. The highest BCUT2D eigenvalue weighted by Crippen LogP contribution is 2.51. The van der Waals surface area contributed by atoms with Gasteiger partial charge in [0.2, 0.25) is 0 Å². The lowest BCUT2D eigenvalue weighted by atomic mass is 9.81. The molecule has 1 aliphatic carbocycles. The second kappa shape index (κ2) is 7.37. The summed E-state index contributed by atoms with van der Waals surface area (Å²) in [5.74, 6) is 0. The summed E-state index contributed by atoms with van der Waals surface area (Å²) in [5.41, 5.74) is 9.31. The molecular formula is C37H25NS. The van der Waals surface area contributed by atoms with E-state index in [0.717, 1.165) is 0 Å². The number of aromatic nitrogens is 1. The van der Waals surface area contributed by atoms with Crippen molar-refractivity contribution in [2.75, 3.05) is 0 Å². The van der Waals surface area contributed by atoms with Crippen LogP contribution in [0.1, 0.15) is 25.0 Å². The highest BCUT2D eigenvalue weighted by Gasteiger charge is 2.35. The minimum atomic E-state index is -0.0210. The monoisotopic (exact) mass is 515 g/mol. The van der Waals surface area contributed by atoms with E-state index in [2.05, 4.69) is 134 Å². The molecule has 0 N–H and O–H groups in total. The van der Waals surface area contributed by atoms with Crippen molar-refractivity contribution in [1.29, 1.82) is 0 Å². The normalized spacial score (nSPS) is 14.1. The zero-order chi connectivity index (χ0) is 25.9. The maximum absolute atomic E-state index is 2.49. The van der Waals surface area contributed by atoms with Gasteiger partial charge in [-0.05, 0) is 75.5 Å². The molecular weight excluding hydrogens is 490 g/mol. The number of fused-ring (bicyclic) bond motifs is 11. The minimum absolute atomic E-state index is 0.0210. The van der Waals surface area contributed by atoms with E-state index in [0.29, 0.717) is 0 Å². The smallest absolute Gasteiger partial charge is 0.0547 e. The van der Waals surface area contributed by atoms with Gasteiger partial charge in [-0.2, -0.15) is 0 Å².